The number of hydrazone groups is 1. The van der Waals surface area contributed by atoms with Gasteiger partial charge in [0.05, 0.1) is 22.5 Å². The molecule has 0 saturated carbocycles. The van der Waals surface area contributed by atoms with Crippen molar-refractivity contribution in [3.8, 4) is 16.9 Å². The van der Waals surface area contributed by atoms with E-state index in [1.54, 1.807) is 29.3 Å². The van der Waals surface area contributed by atoms with Crippen LogP contribution in [0.25, 0.3) is 16.9 Å². The number of nitrogens with one attached hydrogen (secondary N) is 1. The van der Waals surface area contributed by atoms with Gasteiger partial charge in [0.15, 0.2) is 5.82 Å². The smallest absolute Gasteiger partial charge is 0.264 e. The summed E-state index contributed by atoms with van der Waals surface area (Å²) in [5.74, 6) is 0.00398. The number of anilines is 1. The number of hydrogen-bond acceptors (Lipinski definition) is 5. The minimum atomic E-state index is -4.52. The molecule has 10 heteroatoms. The largest absolute Gasteiger partial charge is 0.417 e. The maximum atomic E-state index is 12.8. The Hall–Kier alpha value is -3.72. The predicted octanol–water partition coefficient (Wildman–Crippen LogP) is 5.45. The standard InChI is InChI=1S/C21H14ClF3N6/c22-18-9-16(21(23,24)25)12-27-20(18)29-28-11-15-13-31(17-6-2-1-3-7-17)30-19(15)14-5-4-8-26-10-14/h1-13H,(H,27,29)/b28-11+. The van der Waals surface area contributed by atoms with E-state index >= 15 is 0 Å². The third kappa shape index (κ3) is 4.72. The number of alkyl halides is 3. The SMILES string of the molecule is FC(F)(F)c1cnc(N/N=C/c2cn(-c3ccccc3)nc2-c2cccnc2)c(Cl)c1. The first-order valence-electron chi connectivity index (χ1n) is 8.99. The van der Waals surface area contributed by atoms with Crippen LogP contribution >= 0.6 is 11.6 Å². The van der Waals surface area contributed by atoms with Crippen LogP contribution in [-0.2, 0) is 6.18 Å². The Balaban J connectivity index is 1.63. The van der Waals surface area contributed by atoms with Gasteiger partial charge in [-0.2, -0.15) is 23.4 Å². The van der Waals surface area contributed by atoms with E-state index in [1.807, 2.05) is 36.4 Å². The van der Waals surface area contributed by atoms with Crippen molar-refractivity contribution < 1.29 is 13.2 Å². The van der Waals surface area contributed by atoms with Crippen LogP contribution in [0.4, 0.5) is 19.0 Å². The summed E-state index contributed by atoms with van der Waals surface area (Å²) in [6.45, 7) is 0. The van der Waals surface area contributed by atoms with E-state index in [4.69, 9.17) is 11.6 Å². The number of hydrogen-bond donors (Lipinski definition) is 1. The van der Waals surface area contributed by atoms with Gasteiger partial charge in [0.1, 0.15) is 5.69 Å². The molecule has 0 aliphatic rings. The highest BCUT2D eigenvalue weighted by atomic mass is 35.5. The van der Waals surface area contributed by atoms with E-state index in [1.165, 1.54) is 6.21 Å². The first-order chi connectivity index (χ1) is 14.9. The molecule has 0 atom stereocenters. The lowest BCUT2D eigenvalue weighted by Gasteiger charge is -2.08. The summed E-state index contributed by atoms with van der Waals surface area (Å²) in [6, 6.07) is 14.0. The van der Waals surface area contributed by atoms with Gasteiger partial charge < -0.3 is 0 Å². The highest BCUT2D eigenvalue weighted by Gasteiger charge is 2.31. The fourth-order valence-electron chi connectivity index (χ4n) is 2.76. The summed E-state index contributed by atoms with van der Waals surface area (Å²) in [5.41, 5.74) is 4.57. The molecule has 3 heterocycles. The molecule has 3 aromatic heterocycles. The van der Waals surface area contributed by atoms with Crippen LogP contribution in [0.1, 0.15) is 11.1 Å². The first kappa shape index (κ1) is 20.5. The number of aromatic nitrogens is 4. The van der Waals surface area contributed by atoms with Gasteiger partial charge in [-0.1, -0.05) is 29.8 Å². The highest BCUT2D eigenvalue weighted by Crippen LogP contribution is 2.32. The van der Waals surface area contributed by atoms with Crippen LogP contribution in [0.5, 0.6) is 0 Å². The number of pyridine rings is 2. The molecular formula is C21H14ClF3N6. The van der Waals surface area contributed by atoms with Crippen LogP contribution in [0.2, 0.25) is 5.02 Å². The molecule has 0 unspecified atom stereocenters. The van der Waals surface area contributed by atoms with E-state index < -0.39 is 11.7 Å². The Bertz CT molecular complexity index is 1210. The van der Waals surface area contributed by atoms with Crippen molar-refractivity contribution in [2.75, 3.05) is 5.43 Å². The van der Waals surface area contributed by atoms with Crippen LogP contribution in [0.15, 0.2) is 78.4 Å². The summed E-state index contributed by atoms with van der Waals surface area (Å²) >= 11 is 5.90. The van der Waals surface area contributed by atoms with Crippen LogP contribution < -0.4 is 5.43 Å². The van der Waals surface area contributed by atoms with Crippen molar-refractivity contribution in [3.05, 3.63) is 89.5 Å². The van der Waals surface area contributed by atoms with E-state index in [-0.39, 0.29) is 10.8 Å². The maximum Gasteiger partial charge on any atom is 0.417 e. The third-order valence-electron chi connectivity index (χ3n) is 4.24. The quantitative estimate of drug-likeness (QED) is 0.330. The van der Waals surface area contributed by atoms with Crippen molar-refractivity contribution in [1.82, 2.24) is 19.7 Å². The third-order valence-corrected chi connectivity index (χ3v) is 4.53. The zero-order valence-electron chi connectivity index (χ0n) is 15.8. The molecule has 4 rings (SSSR count). The minimum absolute atomic E-state index is 0.00398. The normalized spacial score (nSPS) is 11.7. The highest BCUT2D eigenvalue weighted by molar-refractivity contribution is 6.33. The zero-order chi connectivity index (χ0) is 21.8. The zero-order valence-corrected chi connectivity index (χ0v) is 16.5. The van der Waals surface area contributed by atoms with Crippen molar-refractivity contribution in [1.29, 1.82) is 0 Å². The van der Waals surface area contributed by atoms with Gasteiger partial charge in [0, 0.05) is 35.9 Å². The molecule has 6 nitrogen and oxygen atoms in total. The lowest BCUT2D eigenvalue weighted by Crippen LogP contribution is -2.06. The fourth-order valence-corrected chi connectivity index (χ4v) is 2.97. The molecule has 4 aromatic rings. The topological polar surface area (TPSA) is 68.0 Å². The maximum absolute atomic E-state index is 12.8. The molecule has 156 valence electrons. The second-order valence-corrected chi connectivity index (χ2v) is 6.78. The van der Waals surface area contributed by atoms with Crippen molar-refractivity contribution in [2.24, 2.45) is 5.10 Å². The molecule has 0 fully saturated rings. The van der Waals surface area contributed by atoms with Gasteiger partial charge in [-0.3, -0.25) is 10.4 Å². The Labute approximate surface area is 180 Å². The van der Waals surface area contributed by atoms with E-state index in [9.17, 15) is 13.2 Å². The lowest BCUT2D eigenvalue weighted by atomic mass is 10.1. The van der Waals surface area contributed by atoms with E-state index in [2.05, 4.69) is 25.6 Å². The summed E-state index contributed by atoms with van der Waals surface area (Å²) in [7, 11) is 0. The summed E-state index contributed by atoms with van der Waals surface area (Å²) in [4.78, 5) is 7.82. The molecule has 1 N–H and O–H groups in total. The molecule has 31 heavy (non-hydrogen) atoms. The number of para-hydroxylation sites is 1. The van der Waals surface area contributed by atoms with E-state index in [0.29, 0.717) is 17.5 Å². The average molecular weight is 443 g/mol. The number of rotatable bonds is 5. The monoisotopic (exact) mass is 442 g/mol. The predicted molar refractivity (Wildman–Crippen MR) is 112 cm³/mol. The molecule has 0 bridgehead atoms. The van der Waals surface area contributed by atoms with Crippen molar-refractivity contribution in [3.63, 3.8) is 0 Å². The molecule has 0 aliphatic heterocycles. The van der Waals surface area contributed by atoms with Gasteiger partial charge >= 0.3 is 6.18 Å². The number of benzene rings is 1. The van der Waals surface area contributed by atoms with Gasteiger partial charge in [-0.15, -0.1) is 0 Å². The lowest BCUT2D eigenvalue weighted by molar-refractivity contribution is -0.137. The summed E-state index contributed by atoms with van der Waals surface area (Å²) in [5, 5.41) is 8.51. The average Bonchev–Trinajstić information content (AvgIpc) is 3.19. The second kappa shape index (κ2) is 8.57. The van der Waals surface area contributed by atoms with Gasteiger partial charge in [0.25, 0.3) is 0 Å². The number of halogens is 4. The van der Waals surface area contributed by atoms with Crippen molar-refractivity contribution in [2.45, 2.75) is 6.18 Å². The molecule has 1 aromatic carbocycles. The second-order valence-electron chi connectivity index (χ2n) is 6.38. The summed E-state index contributed by atoms with van der Waals surface area (Å²) in [6.07, 6.45) is 2.78. The van der Waals surface area contributed by atoms with Crippen LogP contribution in [0.3, 0.4) is 0 Å². The Morgan fingerprint density at radius 1 is 1.06 bits per heavy atom. The minimum Gasteiger partial charge on any atom is -0.264 e. The van der Waals surface area contributed by atoms with Crippen LogP contribution in [0, 0.1) is 0 Å². The van der Waals surface area contributed by atoms with E-state index in [0.717, 1.165) is 17.3 Å². The molecule has 0 saturated heterocycles. The van der Waals surface area contributed by atoms with Gasteiger partial charge in [0.2, 0.25) is 0 Å². The Morgan fingerprint density at radius 2 is 1.87 bits per heavy atom. The fraction of sp³-hybridized carbons (Fsp3) is 0.0476. The number of nitrogens with zero attached hydrogens (tertiary/aromatic N) is 5. The molecule has 0 aliphatic carbocycles. The van der Waals surface area contributed by atoms with Crippen molar-refractivity contribution >= 4 is 23.6 Å². The molecule has 0 radical (unpaired) electrons. The van der Waals surface area contributed by atoms with Crippen LogP contribution in [-0.4, -0.2) is 26.0 Å². The molecule has 0 amide bonds. The first-order valence-corrected chi connectivity index (χ1v) is 9.37. The summed E-state index contributed by atoms with van der Waals surface area (Å²) < 4.78 is 40.0. The molecular weight excluding hydrogens is 429 g/mol. The Kier molecular flexibility index (Phi) is 5.68. The van der Waals surface area contributed by atoms with Gasteiger partial charge in [-0.05, 0) is 30.3 Å². The Morgan fingerprint density at radius 3 is 2.55 bits per heavy atom. The van der Waals surface area contributed by atoms with Gasteiger partial charge in [-0.25, -0.2) is 9.67 Å². The molecule has 0 spiro atoms.